The van der Waals surface area contributed by atoms with E-state index in [0.29, 0.717) is 38.3 Å². The van der Waals surface area contributed by atoms with Gasteiger partial charge < -0.3 is 14.5 Å². The van der Waals surface area contributed by atoms with E-state index in [0.717, 1.165) is 18.4 Å². The molecule has 0 spiro atoms. The Hall–Kier alpha value is -2.82. The Kier molecular flexibility index (Phi) is 7.28. The lowest BCUT2D eigenvalue weighted by Crippen LogP contribution is -2.53. The van der Waals surface area contributed by atoms with Crippen molar-refractivity contribution in [2.75, 3.05) is 26.2 Å². The minimum absolute atomic E-state index is 0.0262. The second kappa shape index (κ2) is 10.1. The summed E-state index contributed by atoms with van der Waals surface area (Å²) in [6.07, 6.45) is 1.78. The van der Waals surface area contributed by atoms with Crippen LogP contribution in [0.1, 0.15) is 30.9 Å². The largest absolute Gasteiger partial charge is 0.481 e. The lowest BCUT2D eigenvalue weighted by atomic mass is 10.1. The van der Waals surface area contributed by atoms with Crippen LogP contribution in [0.2, 0.25) is 0 Å². The molecule has 1 saturated heterocycles. The number of hydrogen-bond donors (Lipinski definition) is 0. The maximum absolute atomic E-state index is 12.7. The van der Waals surface area contributed by atoms with Crippen LogP contribution in [0.25, 0.3) is 0 Å². The predicted molar refractivity (Wildman–Crippen MR) is 114 cm³/mol. The Labute approximate surface area is 173 Å². The average Bonchev–Trinajstić information content (AvgIpc) is 2.75. The van der Waals surface area contributed by atoms with Crippen molar-refractivity contribution in [3.05, 3.63) is 65.7 Å². The molecule has 0 bridgehead atoms. The van der Waals surface area contributed by atoms with Crippen molar-refractivity contribution in [2.24, 2.45) is 0 Å². The van der Waals surface area contributed by atoms with Crippen molar-refractivity contribution in [3.8, 4) is 5.75 Å². The molecule has 29 heavy (non-hydrogen) atoms. The molecule has 1 heterocycles. The Balaban J connectivity index is 1.40. The standard InChI is InChI=1S/C24H30N2O3/c1-19-11-13-22(14-12-19)29-20(2)24(28)26-17-15-25(16-18-26)23(27)10-6-9-21-7-4-3-5-8-21/h3-5,7-8,11-14,20H,6,9-10,15-18H2,1-2H3. The first-order valence-corrected chi connectivity index (χ1v) is 10.4. The molecule has 5 nitrogen and oxygen atoms in total. The fraction of sp³-hybridized carbons (Fsp3) is 0.417. The van der Waals surface area contributed by atoms with Crippen molar-refractivity contribution in [1.82, 2.24) is 9.80 Å². The Morgan fingerprint density at radius 3 is 2.21 bits per heavy atom. The van der Waals surface area contributed by atoms with Crippen LogP contribution >= 0.6 is 0 Å². The van der Waals surface area contributed by atoms with Crippen LogP contribution in [0.3, 0.4) is 0 Å². The van der Waals surface area contributed by atoms with Crippen molar-refractivity contribution < 1.29 is 14.3 Å². The molecule has 0 aromatic heterocycles. The van der Waals surface area contributed by atoms with Crippen molar-refractivity contribution in [2.45, 2.75) is 39.2 Å². The lowest BCUT2D eigenvalue weighted by molar-refractivity contribution is -0.143. The molecule has 0 aliphatic carbocycles. The van der Waals surface area contributed by atoms with E-state index in [-0.39, 0.29) is 11.8 Å². The van der Waals surface area contributed by atoms with E-state index in [2.05, 4.69) is 12.1 Å². The molecule has 1 aliphatic rings. The minimum Gasteiger partial charge on any atom is -0.481 e. The van der Waals surface area contributed by atoms with Gasteiger partial charge in [0.15, 0.2) is 6.10 Å². The van der Waals surface area contributed by atoms with E-state index in [1.807, 2.05) is 54.3 Å². The first kappa shape index (κ1) is 20.9. The average molecular weight is 395 g/mol. The summed E-state index contributed by atoms with van der Waals surface area (Å²) in [5, 5.41) is 0. The van der Waals surface area contributed by atoms with Crippen LogP contribution < -0.4 is 4.74 Å². The summed E-state index contributed by atoms with van der Waals surface area (Å²) >= 11 is 0. The number of amides is 2. The highest BCUT2D eigenvalue weighted by molar-refractivity contribution is 5.81. The quantitative estimate of drug-likeness (QED) is 0.723. The molecule has 0 N–H and O–H groups in total. The van der Waals surface area contributed by atoms with Crippen LogP contribution in [0.15, 0.2) is 54.6 Å². The van der Waals surface area contributed by atoms with Gasteiger partial charge in [0.1, 0.15) is 5.75 Å². The van der Waals surface area contributed by atoms with Crippen molar-refractivity contribution >= 4 is 11.8 Å². The summed E-state index contributed by atoms with van der Waals surface area (Å²) in [6.45, 7) is 6.10. The SMILES string of the molecule is Cc1ccc(OC(C)C(=O)N2CCN(C(=O)CCCc3ccccc3)CC2)cc1. The monoisotopic (exact) mass is 394 g/mol. The Morgan fingerprint density at radius 2 is 1.55 bits per heavy atom. The van der Waals surface area contributed by atoms with Gasteiger partial charge in [-0.05, 0) is 44.4 Å². The third kappa shape index (κ3) is 6.08. The molecule has 2 aromatic carbocycles. The van der Waals surface area contributed by atoms with Crippen LogP contribution in [-0.4, -0.2) is 53.9 Å². The highest BCUT2D eigenvalue weighted by Crippen LogP contribution is 2.15. The fourth-order valence-corrected chi connectivity index (χ4v) is 3.55. The third-order valence-electron chi connectivity index (χ3n) is 5.32. The second-order valence-corrected chi connectivity index (χ2v) is 7.62. The molecule has 1 aliphatic heterocycles. The van der Waals surface area contributed by atoms with Gasteiger partial charge in [-0.1, -0.05) is 48.0 Å². The molecular formula is C24H30N2O3. The molecule has 154 valence electrons. The van der Waals surface area contributed by atoms with E-state index < -0.39 is 6.10 Å². The highest BCUT2D eigenvalue weighted by Gasteiger charge is 2.27. The highest BCUT2D eigenvalue weighted by atomic mass is 16.5. The number of carbonyl (C=O) groups excluding carboxylic acids is 2. The zero-order valence-electron chi connectivity index (χ0n) is 17.3. The van der Waals surface area contributed by atoms with E-state index >= 15 is 0 Å². The molecule has 3 rings (SSSR count). The molecule has 1 fully saturated rings. The van der Waals surface area contributed by atoms with Gasteiger partial charge in [-0.25, -0.2) is 0 Å². The zero-order valence-corrected chi connectivity index (χ0v) is 17.3. The van der Waals surface area contributed by atoms with Crippen LogP contribution in [0.5, 0.6) is 5.75 Å². The zero-order chi connectivity index (χ0) is 20.6. The smallest absolute Gasteiger partial charge is 0.263 e. The third-order valence-corrected chi connectivity index (χ3v) is 5.32. The number of ether oxygens (including phenoxy) is 1. The first-order valence-electron chi connectivity index (χ1n) is 10.4. The van der Waals surface area contributed by atoms with Crippen molar-refractivity contribution in [3.63, 3.8) is 0 Å². The number of piperazine rings is 1. The van der Waals surface area contributed by atoms with E-state index in [1.165, 1.54) is 5.56 Å². The van der Waals surface area contributed by atoms with Crippen LogP contribution in [0, 0.1) is 6.92 Å². The number of hydrogen-bond acceptors (Lipinski definition) is 3. The van der Waals surface area contributed by atoms with Gasteiger partial charge in [0.05, 0.1) is 0 Å². The second-order valence-electron chi connectivity index (χ2n) is 7.62. The number of rotatable bonds is 7. The summed E-state index contributed by atoms with van der Waals surface area (Å²) in [5.41, 5.74) is 2.42. The van der Waals surface area contributed by atoms with Gasteiger partial charge in [0.2, 0.25) is 5.91 Å². The Morgan fingerprint density at radius 1 is 0.931 bits per heavy atom. The summed E-state index contributed by atoms with van der Waals surface area (Å²) in [4.78, 5) is 28.8. The first-order chi connectivity index (χ1) is 14.0. The number of benzene rings is 2. The molecule has 0 radical (unpaired) electrons. The van der Waals surface area contributed by atoms with Crippen molar-refractivity contribution in [1.29, 1.82) is 0 Å². The molecule has 2 amide bonds. The molecule has 5 heteroatoms. The molecule has 2 aromatic rings. The number of aryl methyl sites for hydroxylation is 2. The lowest BCUT2D eigenvalue weighted by Gasteiger charge is -2.36. The number of carbonyl (C=O) groups is 2. The fourth-order valence-electron chi connectivity index (χ4n) is 3.55. The normalized spacial score (nSPS) is 15.1. The van der Waals surface area contributed by atoms with Gasteiger partial charge in [-0.2, -0.15) is 0 Å². The molecule has 0 saturated carbocycles. The van der Waals surface area contributed by atoms with Gasteiger partial charge in [-0.15, -0.1) is 0 Å². The molecule has 1 unspecified atom stereocenters. The van der Waals surface area contributed by atoms with Gasteiger partial charge in [0.25, 0.3) is 5.91 Å². The summed E-state index contributed by atoms with van der Waals surface area (Å²) in [5.74, 6) is 0.849. The maximum atomic E-state index is 12.7. The van der Waals surface area contributed by atoms with E-state index in [4.69, 9.17) is 4.74 Å². The summed E-state index contributed by atoms with van der Waals surface area (Å²) in [7, 11) is 0. The van der Waals surface area contributed by atoms with Gasteiger partial charge in [-0.3, -0.25) is 9.59 Å². The Bertz CT molecular complexity index is 797. The summed E-state index contributed by atoms with van der Waals surface area (Å²) in [6, 6.07) is 17.9. The van der Waals surface area contributed by atoms with Gasteiger partial charge >= 0.3 is 0 Å². The maximum Gasteiger partial charge on any atom is 0.263 e. The molecular weight excluding hydrogens is 364 g/mol. The predicted octanol–water partition coefficient (Wildman–Crippen LogP) is 3.46. The van der Waals surface area contributed by atoms with Gasteiger partial charge in [0, 0.05) is 32.6 Å². The molecule has 1 atom stereocenters. The number of nitrogens with zero attached hydrogens (tertiary/aromatic N) is 2. The van der Waals surface area contributed by atoms with Crippen LogP contribution in [0.4, 0.5) is 0 Å². The topological polar surface area (TPSA) is 49.9 Å². The van der Waals surface area contributed by atoms with E-state index in [1.54, 1.807) is 11.8 Å². The van der Waals surface area contributed by atoms with Crippen LogP contribution in [-0.2, 0) is 16.0 Å². The van der Waals surface area contributed by atoms with E-state index in [9.17, 15) is 9.59 Å². The minimum atomic E-state index is -0.536. The summed E-state index contributed by atoms with van der Waals surface area (Å²) < 4.78 is 5.78.